The third kappa shape index (κ3) is 62.6. The standard InChI is InChI=1S/C91H175N7O16/c1-10-18-26-34-38-46-56-76(52-42-30-22-14-5)84(103)92-60-68-111-88(107)80(99)72-97(73-81(100)89(108)112-69-61-93-85(104)77(53-43-31-23-15-6)57-47-39-35-27-19-11-2)66-50-64-96(9)65-51-67-98(74-82(101)90(109)113-70-62-94-86(105)78(54-44-32-24-16-7)58-48-40-36-28-20-12-3)75-83(102)91(110)114-71-63-95-87(106)79(55-45-33-25-17-8)59-49-41-37-29-21-13-4/h76-83,99-102H,10-75H2,1-9H3,(H,92,103)(H,93,104)(H,94,105)(H,95,106). The van der Waals surface area contributed by atoms with Crippen LogP contribution in [0.3, 0.4) is 0 Å². The molecule has 8 atom stereocenters. The predicted molar refractivity (Wildman–Crippen MR) is 460 cm³/mol. The maximum Gasteiger partial charge on any atom is 0.336 e. The second-order valence-corrected chi connectivity index (χ2v) is 32.8. The maximum atomic E-state index is 13.5. The minimum absolute atomic E-state index is 0.0684. The summed E-state index contributed by atoms with van der Waals surface area (Å²) in [6, 6.07) is 0. The zero-order chi connectivity index (χ0) is 84.3. The Morgan fingerprint density at radius 3 is 0.596 bits per heavy atom. The molecule has 23 heteroatoms. The molecule has 0 radical (unpaired) electrons. The minimum Gasteiger partial charge on any atom is -0.462 e. The van der Waals surface area contributed by atoms with Crippen LogP contribution in [-0.2, 0) is 57.3 Å². The number of hydrogen-bond donors (Lipinski definition) is 8. The van der Waals surface area contributed by atoms with Crippen molar-refractivity contribution < 1.29 is 77.7 Å². The van der Waals surface area contributed by atoms with Crippen LogP contribution in [0.4, 0.5) is 0 Å². The molecule has 0 saturated heterocycles. The summed E-state index contributed by atoms with van der Waals surface area (Å²) in [6.45, 7) is 17.1. The van der Waals surface area contributed by atoms with Gasteiger partial charge in [-0.25, -0.2) is 19.2 Å². The van der Waals surface area contributed by atoms with Crippen LogP contribution >= 0.6 is 0 Å². The summed E-state index contributed by atoms with van der Waals surface area (Å²) < 4.78 is 22.0. The van der Waals surface area contributed by atoms with Crippen molar-refractivity contribution in [1.29, 1.82) is 0 Å². The van der Waals surface area contributed by atoms with E-state index >= 15 is 0 Å². The summed E-state index contributed by atoms with van der Waals surface area (Å²) in [6.07, 6.45) is 44.5. The first-order chi connectivity index (χ1) is 55.3. The molecule has 0 aromatic heterocycles. The highest BCUT2D eigenvalue weighted by Gasteiger charge is 2.30. The molecule has 0 heterocycles. The molecule has 0 aromatic carbocycles. The van der Waals surface area contributed by atoms with Crippen LogP contribution in [0, 0.1) is 23.7 Å². The van der Waals surface area contributed by atoms with Gasteiger partial charge in [-0.05, 0) is 97.4 Å². The first-order valence-electron chi connectivity index (χ1n) is 46.9. The van der Waals surface area contributed by atoms with Gasteiger partial charge in [0.15, 0.2) is 24.4 Å². The molecule has 0 saturated carbocycles. The van der Waals surface area contributed by atoms with Gasteiger partial charge in [-0.3, -0.25) is 29.0 Å². The largest absolute Gasteiger partial charge is 0.462 e. The van der Waals surface area contributed by atoms with E-state index in [2.05, 4.69) is 76.7 Å². The number of amides is 4. The van der Waals surface area contributed by atoms with Gasteiger partial charge in [-0.15, -0.1) is 0 Å². The van der Waals surface area contributed by atoms with Crippen LogP contribution in [0.2, 0.25) is 0 Å². The fourth-order valence-corrected chi connectivity index (χ4v) is 14.9. The number of hydrogen-bond acceptors (Lipinski definition) is 19. The average Bonchev–Trinajstić information content (AvgIpc) is 0.918. The second kappa shape index (κ2) is 78.3. The maximum absolute atomic E-state index is 13.5. The first kappa shape index (κ1) is 109. The molecule has 8 N–H and O–H groups in total. The third-order valence-corrected chi connectivity index (χ3v) is 22.2. The van der Waals surface area contributed by atoms with Crippen LogP contribution in [-0.4, -0.2) is 219 Å². The smallest absolute Gasteiger partial charge is 0.336 e. The van der Waals surface area contributed by atoms with E-state index in [1.165, 1.54) is 77.0 Å². The van der Waals surface area contributed by atoms with E-state index in [0.717, 1.165) is 231 Å². The number of carbonyl (C=O) groups excluding carboxylic acids is 8. The Morgan fingerprint density at radius 2 is 0.412 bits per heavy atom. The van der Waals surface area contributed by atoms with Crippen LogP contribution < -0.4 is 21.3 Å². The highest BCUT2D eigenvalue weighted by atomic mass is 16.6. The van der Waals surface area contributed by atoms with Crippen molar-refractivity contribution in [2.24, 2.45) is 23.7 Å². The van der Waals surface area contributed by atoms with Crippen molar-refractivity contribution in [3.05, 3.63) is 0 Å². The number of carbonyl (C=O) groups is 8. The molecule has 0 aliphatic heterocycles. The molecule has 0 aromatic rings. The van der Waals surface area contributed by atoms with E-state index in [0.29, 0.717) is 25.9 Å². The van der Waals surface area contributed by atoms with Gasteiger partial charge in [0.05, 0.1) is 26.2 Å². The van der Waals surface area contributed by atoms with Gasteiger partial charge in [0.1, 0.15) is 26.4 Å². The van der Waals surface area contributed by atoms with Crippen LogP contribution in [0.15, 0.2) is 0 Å². The van der Waals surface area contributed by atoms with Crippen molar-refractivity contribution in [2.45, 2.75) is 401 Å². The fourth-order valence-electron chi connectivity index (χ4n) is 14.9. The number of esters is 4. The van der Waals surface area contributed by atoms with Gasteiger partial charge < -0.3 is 65.5 Å². The Morgan fingerprint density at radius 1 is 0.246 bits per heavy atom. The molecule has 0 aliphatic rings. The molecular weight excluding hydrogens is 1450 g/mol. The van der Waals surface area contributed by atoms with Gasteiger partial charge in [-0.1, -0.05) is 312 Å². The van der Waals surface area contributed by atoms with Crippen molar-refractivity contribution in [1.82, 2.24) is 36.0 Å². The zero-order valence-electron chi connectivity index (χ0n) is 74.3. The Labute approximate surface area is 694 Å². The van der Waals surface area contributed by atoms with Crippen molar-refractivity contribution in [3.63, 3.8) is 0 Å². The predicted octanol–water partition coefficient (Wildman–Crippen LogP) is 15.7. The fraction of sp³-hybridized carbons (Fsp3) is 0.912. The molecule has 0 fully saturated rings. The van der Waals surface area contributed by atoms with Crippen LogP contribution in [0.1, 0.15) is 376 Å². The van der Waals surface area contributed by atoms with E-state index in [9.17, 15) is 58.8 Å². The molecule has 0 bridgehead atoms. The number of nitrogens with zero attached hydrogens (tertiary/aromatic N) is 3. The molecule has 114 heavy (non-hydrogen) atoms. The number of unbranched alkanes of at least 4 members (excludes halogenated alkanes) is 32. The lowest BCUT2D eigenvalue weighted by molar-refractivity contribution is -0.158. The number of nitrogens with one attached hydrogen (secondary N) is 4. The molecule has 0 spiro atoms. The Balaban J connectivity index is 6.46. The van der Waals surface area contributed by atoms with E-state index in [1.54, 1.807) is 9.80 Å². The van der Waals surface area contributed by atoms with Crippen molar-refractivity contribution in [3.8, 4) is 0 Å². The van der Waals surface area contributed by atoms with Gasteiger partial charge in [0.2, 0.25) is 23.6 Å². The average molecular weight is 1620 g/mol. The van der Waals surface area contributed by atoms with Gasteiger partial charge in [0.25, 0.3) is 0 Å². The van der Waals surface area contributed by atoms with E-state index in [-0.39, 0.29) is 139 Å². The summed E-state index contributed by atoms with van der Waals surface area (Å²) in [5.41, 5.74) is 0. The lowest BCUT2D eigenvalue weighted by Crippen LogP contribution is -2.45. The zero-order valence-corrected chi connectivity index (χ0v) is 74.3. The van der Waals surface area contributed by atoms with E-state index < -0.39 is 48.3 Å². The molecular formula is C91H175N7O16. The monoisotopic (exact) mass is 1620 g/mol. The molecule has 0 aliphatic carbocycles. The lowest BCUT2D eigenvalue weighted by atomic mass is 9.93. The molecule has 4 amide bonds. The normalized spacial score (nSPS) is 13.8. The van der Waals surface area contributed by atoms with Crippen molar-refractivity contribution in [2.75, 3.05) is 112 Å². The van der Waals surface area contributed by atoms with Crippen molar-refractivity contribution >= 4 is 47.5 Å². The van der Waals surface area contributed by atoms with Crippen LogP contribution in [0.25, 0.3) is 0 Å². The summed E-state index contributed by atoms with van der Waals surface area (Å²) in [5, 5.41) is 57.2. The summed E-state index contributed by atoms with van der Waals surface area (Å²) in [4.78, 5) is 113. The van der Waals surface area contributed by atoms with E-state index in [1.807, 2.05) is 11.9 Å². The van der Waals surface area contributed by atoms with Gasteiger partial charge in [-0.2, -0.15) is 0 Å². The summed E-state index contributed by atoms with van der Waals surface area (Å²) >= 11 is 0. The molecule has 8 unspecified atom stereocenters. The third-order valence-electron chi connectivity index (χ3n) is 22.2. The van der Waals surface area contributed by atoms with E-state index in [4.69, 9.17) is 18.9 Å². The Hall–Kier alpha value is -4.52. The first-order valence-corrected chi connectivity index (χ1v) is 46.9. The highest BCUT2D eigenvalue weighted by Crippen LogP contribution is 2.24. The number of rotatable bonds is 84. The summed E-state index contributed by atoms with van der Waals surface area (Å²) in [7, 11) is 1.87. The number of ether oxygens (including phenoxy) is 4. The van der Waals surface area contributed by atoms with Gasteiger partial charge >= 0.3 is 23.9 Å². The number of aliphatic hydroxyl groups excluding tert-OH is 4. The minimum atomic E-state index is -1.68. The number of aliphatic hydroxyl groups is 4. The summed E-state index contributed by atoms with van der Waals surface area (Å²) in [5.74, 6) is -4.53. The molecule has 23 nitrogen and oxygen atoms in total. The topological polar surface area (TPSA) is 312 Å². The van der Waals surface area contributed by atoms with Gasteiger partial charge in [0, 0.05) is 49.9 Å². The lowest BCUT2D eigenvalue weighted by Gasteiger charge is -2.28. The SMILES string of the molecule is CCCCCCCCC(CCCCCC)C(=O)NCCOC(=O)C(O)CN(CCCN(C)CCCN(CC(O)C(=O)OCCNC(=O)C(CCCCCC)CCCCCCCC)CC(O)C(=O)OCCNC(=O)C(CCCCCC)CCCCCCCC)CC(O)C(=O)OCCNC(=O)C(CCCCCC)CCCCCCCC. The Bertz CT molecular complexity index is 2030. The molecule has 0 rings (SSSR count). The molecule has 670 valence electrons. The van der Waals surface area contributed by atoms with Crippen LogP contribution in [0.5, 0.6) is 0 Å². The second-order valence-electron chi connectivity index (χ2n) is 32.8. The Kier molecular flexibility index (Phi) is 75.2. The quantitative estimate of drug-likeness (QED) is 0.0159. The highest BCUT2D eigenvalue weighted by molar-refractivity contribution is 5.81.